The molecule has 24 heavy (non-hydrogen) atoms. The molecular weight excluding hydrogens is 306 g/mol. The van der Waals surface area contributed by atoms with Crippen LogP contribution in [0.25, 0.3) is 0 Å². The van der Waals surface area contributed by atoms with Crippen LogP contribution in [0.4, 0.5) is 17.1 Å². The maximum Gasteiger partial charge on any atom is 0.337 e. The molecule has 3 rings (SSSR count). The number of carbonyl (C=O) groups is 2. The number of carbonyl (C=O) groups excluding carboxylic acids is 2. The van der Waals surface area contributed by atoms with Gasteiger partial charge in [-0.2, -0.15) is 0 Å². The molecule has 0 bridgehead atoms. The zero-order valence-electron chi connectivity index (χ0n) is 13.2. The minimum Gasteiger partial charge on any atom is -0.465 e. The van der Waals surface area contributed by atoms with Gasteiger partial charge in [0.05, 0.1) is 19.1 Å². The number of anilines is 3. The Labute approximate surface area is 139 Å². The quantitative estimate of drug-likeness (QED) is 0.737. The molecule has 1 amide bonds. The van der Waals surface area contributed by atoms with E-state index in [9.17, 15) is 9.59 Å². The first-order valence-electron chi connectivity index (χ1n) is 7.39. The molecule has 1 aliphatic rings. The van der Waals surface area contributed by atoms with Crippen molar-refractivity contribution in [1.82, 2.24) is 0 Å². The van der Waals surface area contributed by atoms with Gasteiger partial charge < -0.3 is 20.7 Å². The van der Waals surface area contributed by atoms with Crippen LogP contribution in [0.3, 0.4) is 0 Å². The molecule has 0 aliphatic carbocycles. The molecule has 1 aliphatic heterocycles. The van der Waals surface area contributed by atoms with Gasteiger partial charge in [-0.3, -0.25) is 4.79 Å². The third kappa shape index (κ3) is 3.38. The molecule has 0 saturated carbocycles. The van der Waals surface area contributed by atoms with Crippen LogP contribution in [-0.4, -0.2) is 19.0 Å². The van der Waals surface area contributed by atoms with Gasteiger partial charge in [0.1, 0.15) is 5.82 Å². The summed E-state index contributed by atoms with van der Waals surface area (Å²) in [4.78, 5) is 22.9. The Hall–Kier alpha value is -3.28. The number of hydrogen-bond donors (Lipinski definition) is 3. The van der Waals surface area contributed by atoms with Crippen molar-refractivity contribution in [3.8, 4) is 0 Å². The maximum atomic E-state index is 11.6. The zero-order chi connectivity index (χ0) is 17.1. The molecule has 0 saturated heterocycles. The van der Waals surface area contributed by atoms with Crippen molar-refractivity contribution in [1.29, 1.82) is 0 Å². The van der Waals surface area contributed by atoms with Crippen LogP contribution in [0.15, 0.2) is 54.9 Å². The lowest BCUT2D eigenvalue weighted by molar-refractivity contribution is -0.115. The van der Waals surface area contributed by atoms with Crippen molar-refractivity contribution in [3.05, 3.63) is 66.0 Å². The molecule has 0 radical (unpaired) electrons. The molecule has 2 aromatic carbocycles. The van der Waals surface area contributed by atoms with Gasteiger partial charge >= 0.3 is 5.97 Å². The van der Waals surface area contributed by atoms with E-state index < -0.39 is 5.97 Å². The molecule has 0 aromatic heterocycles. The third-order valence-corrected chi connectivity index (χ3v) is 3.60. The van der Waals surface area contributed by atoms with E-state index in [-0.39, 0.29) is 5.91 Å². The molecule has 0 unspecified atom stereocenters. The molecule has 0 atom stereocenters. The van der Waals surface area contributed by atoms with Crippen LogP contribution in [0.5, 0.6) is 0 Å². The van der Waals surface area contributed by atoms with Crippen LogP contribution >= 0.6 is 0 Å². The minimum atomic E-state index is -0.395. The van der Waals surface area contributed by atoms with Crippen LogP contribution < -0.4 is 16.0 Å². The molecule has 6 heteroatoms. The summed E-state index contributed by atoms with van der Waals surface area (Å²) in [6.45, 7) is 3.93. The number of nitrogens with one attached hydrogen (secondary N) is 3. The Balaban J connectivity index is 1.67. The largest absolute Gasteiger partial charge is 0.465 e. The highest BCUT2D eigenvalue weighted by Crippen LogP contribution is 2.26. The topological polar surface area (TPSA) is 79.5 Å². The number of methoxy groups -OCH3 is 1. The first kappa shape index (κ1) is 15.6. The van der Waals surface area contributed by atoms with Crippen molar-refractivity contribution in [3.63, 3.8) is 0 Å². The van der Waals surface area contributed by atoms with Gasteiger partial charge in [-0.25, -0.2) is 4.79 Å². The second kappa shape index (κ2) is 6.45. The molecule has 2 aromatic rings. The first-order valence-corrected chi connectivity index (χ1v) is 7.39. The van der Waals surface area contributed by atoms with E-state index in [1.165, 1.54) is 7.11 Å². The smallest absolute Gasteiger partial charge is 0.337 e. The van der Waals surface area contributed by atoms with Gasteiger partial charge in [-0.1, -0.05) is 12.6 Å². The highest BCUT2D eigenvalue weighted by molar-refractivity contribution is 5.99. The Morgan fingerprint density at radius 1 is 1.17 bits per heavy atom. The van der Waals surface area contributed by atoms with Crippen LogP contribution in [0, 0.1) is 0 Å². The van der Waals surface area contributed by atoms with E-state index in [4.69, 9.17) is 4.74 Å². The van der Waals surface area contributed by atoms with Gasteiger partial charge in [0, 0.05) is 17.1 Å². The summed E-state index contributed by atoms with van der Waals surface area (Å²) in [5.74, 6) is 0.154. The second-order valence-electron chi connectivity index (χ2n) is 5.40. The summed E-state index contributed by atoms with van der Waals surface area (Å²) in [6.07, 6.45) is 0.381. The minimum absolute atomic E-state index is 0.00118. The van der Waals surface area contributed by atoms with Gasteiger partial charge in [-0.15, -0.1) is 0 Å². The SMILES string of the molecule is C=C(Nc1cccc(C(=O)OC)c1)Nc1ccc2c(c1)CC(=O)N2. The Morgan fingerprint density at radius 3 is 2.67 bits per heavy atom. The molecule has 0 spiro atoms. The average molecular weight is 323 g/mol. The van der Waals surface area contributed by atoms with E-state index >= 15 is 0 Å². The Bertz CT molecular complexity index is 830. The molecule has 1 heterocycles. The maximum absolute atomic E-state index is 11.6. The lowest BCUT2D eigenvalue weighted by Crippen LogP contribution is -2.09. The molecule has 0 fully saturated rings. The molecule has 3 N–H and O–H groups in total. The molecule has 6 nitrogen and oxygen atoms in total. The van der Waals surface area contributed by atoms with Gasteiger partial charge in [0.15, 0.2) is 0 Å². The van der Waals surface area contributed by atoms with Gasteiger partial charge in [0.2, 0.25) is 5.91 Å². The predicted molar refractivity (Wildman–Crippen MR) is 92.9 cm³/mol. The standard InChI is InChI=1S/C18H17N3O3/c1-11(19-14-5-3-4-12(8-14)18(23)24-2)20-15-6-7-16-13(9-15)10-17(22)21-16/h3-9,19-20H,1,10H2,2H3,(H,21,22). The monoisotopic (exact) mass is 323 g/mol. The van der Waals surface area contributed by atoms with Crippen molar-refractivity contribution in [2.45, 2.75) is 6.42 Å². The van der Waals surface area contributed by atoms with Crippen molar-refractivity contribution in [2.75, 3.05) is 23.1 Å². The van der Waals surface area contributed by atoms with Gasteiger partial charge in [-0.05, 0) is 42.0 Å². The average Bonchev–Trinajstić information content (AvgIpc) is 2.93. The fourth-order valence-electron chi connectivity index (χ4n) is 2.53. The Kier molecular flexibility index (Phi) is 4.20. The van der Waals surface area contributed by atoms with E-state index in [0.29, 0.717) is 23.5 Å². The number of rotatable bonds is 5. The van der Waals surface area contributed by atoms with E-state index in [0.717, 1.165) is 16.9 Å². The van der Waals surface area contributed by atoms with Crippen molar-refractivity contribution in [2.24, 2.45) is 0 Å². The fourth-order valence-corrected chi connectivity index (χ4v) is 2.53. The predicted octanol–water partition coefficient (Wildman–Crippen LogP) is 2.96. The summed E-state index contributed by atoms with van der Waals surface area (Å²) in [5.41, 5.74) is 3.79. The number of ether oxygens (including phenoxy) is 1. The van der Waals surface area contributed by atoms with Crippen LogP contribution in [0.1, 0.15) is 15.9 Å². The highest BCUT2D eigenvalue weighted by Gasteiger charge is 2.17. The number of benzene rings is 2. The number of hydrogen-bond acceptors (Lipinski definition) is 5. The van der Waals surface area contributed by atoms with E-state index in [2.05, 4.69) is 22.5 Å². The lowest BCUT2D eigenvalue weighted by atomic mass is 10.1. The van der Waals surface area contributed by atoms with Crippen molar-refractivity contribution >= 4 is 28.9 Å². The van der Waals surface area contributed by atoms with E-state index in [1.54, 1.807) is 18.2 Å². The fraction of sp³-hybridized carbons (Fsp3) is 0.111. The highest BCUT2D eigenvalue weighted by atomic mass is 16.5. The summed E-state index contributed by atoms with van der Waals surface area (Å²) in [6, 6.07) is 12.6. The zero-order valence-corrected chi connectivity index (χ0v) is 13.2. The Morgan fingerprint density at radius 2 is 1.92 bits per heavy atom. The van der Waals surface area contributed by atoms with Gasteiger partial charge in [0.25, 0.3) is 0 Å². The van der Waals surface area contributed by atoms with Crippen LogP contribution in [0.2, 0.25) is 0 Å². The number of fused-ring (bicyclic) bond motifs is 1. The normalized spacial score (nSPS) is 12.1. The number of esters is 1. The van der Waals surface area contributed by atoms with Crippen molar-refractivity contribution < 1.29 is 14.3 Å². The molecular formula is C18H17N3O3. The first-order chi connectivity index (χ1) is 11.5. The summed E-state index contributed by atoms with van der Waals surface area (Å²) >= 11 is 0. The molecule has 122 valence electrons. The number of amides is 1. The lowest BCUT2D eigenvalue weighted by Gasteiger charge is -2.13. The summed E-state index contributed by atoms with van der Waals surface area (Å²) in [7, 11) is 1.34. The second-order valence-corrected chi connectivity index (χ2v) is 5.40. The van der Waals surface area contributed by atoms with E-state index in [1.807, 2.05) is 24.3 Å². The van der Waals surface area contributed by atoms with Crippen LogP contribution in [-0.2, 0) is 16.0 Å². The summed E-state index contributed by atoms with van der Waals surface area (Å²) < 4.78 is 4.70. The third-order valence-electron chi connectivity index (χ3n) is 3.60. The summed E-state index contributed by atoms with van der Waals surface area (Å²) in [5, 5.41) is 9.02.